The van der Waals surface area contributed by atoms with Gasteiger partial charge in [-0.05, 0) is 48.5 Å². The van der Waals surface area contributed by atoms with Gasteiger partial charge in [-0.2, -0.15) is 0 Å². The molecular formula is C21H15ClN2O4. The Hall–Kier alpha value is -3.51. The molecule has 1 aliphatic rings. The lowest BCUT2D eigenvalue weighted by Crippen LogP contribution is -2.20. The molecule has 0 bridgehead atoms. The standard InChI is InChI=1S/C21H15ClN2O4/c22-13-6-8-19-17(10-13)24-21(26)16-11-14(7-9-18(16)28-19)23-20(25)12-27-15-4-2-1-3-5-15/h1-11H,12H2,(H,23,25)(H,24,26). The molecule has 0 saturated heterocycles. The molecule has 2 amide bonds. The van der Waals surface area contributed by atoms with E-state index in [-0.39, 0.29) is 18.4 Å². The Kier molecular flexibility index (Phi) is 4.87. The Morgan fingerprint density at radius 2 is 1.82 bits per heavy atom. The highest BCUT2D eigenvalue weighted by molar-refractivity contribution is 6.31. The summed E-state index contributed by atoms with van der Waals surface area (Å²) in [6.45, 7) is -0.145. The molecule has 0 aliphatic carbocycles. The van der Waals surface area contributed by atoms with E-state index in [4.69, 9.17) is 21.1 Å². The van der Waals surface area contributed by atoms with E-state index in [1.165, 1.54) is 0 Å². The highest BCUT2D eigenvalue weighted by Crippen LogP contribution is 2.37. The number of hydrogen-bond acceptors (Lipinski definition) is 4. The molecule has 0 fully saturated rings. The summed E-state index contributed by atoms with van der Waals surface area (Å²) >= 11 is 5.98. The summed E-state index contributed by atoms with van der Waals surface area (Å²) < 4.78 is 11.2. The van der Waals surface area contributed by atoms with E-state index in [9.17, 15) is 9.59 Å². The van der Waals surface area contributed by atoms with Crippen LogP contribution in [0.15, 0.2) is 66.7 Å². The maximum absolute atomic E-state index is 12.6. The topological polar surface area (TPSA) is 76.7 Å². The van der Waals surface area contributed by atoms with E-state index in [2.05, 4.69) is 10.6 Å². The molecule has 6 nitrogen and oxygen atoms in total. The summed E-state index contributed by atoms with van der Waals surface area (Å²) in [5, 5.41) is 5.96. The Bertz CT molecular complexity index is 1050. The lowest BCUT2D eigenvalue weighted by Gasteiger charge is -2.10. The minimum Gasteiger partial charge on any atom is -0.484 e. The Morgan fingerprint density at radius 3 is 2.64 bits per heavy atom. The van der Waals surface area contributed by atoms with Gasteiger partial charge in [-0.3, -0.25) is 9.59 Å². The molecule has 0 radical (unpaired) electrons. The summed E-state index contributed by atoms with van der Waals surface area (Å²) in [6.07, 6.45) is 0. The second-order valence-corrected chi connectivity index (χ2v) is 6.49. The molecule has 2 N–H and O–H groups in total. The monoisotopic (exact) mass is 394 g/mol. The van der Waals surface area contributed by atoms with Crippen molar-refractivity contribution in [3.8, 4) is 17.2 Å². The SMILES string of the molecule is O=C(COc1ccccc1)Nc1ccc2c(c1)C(=O)Nc1cc(Cl)ccc1O2. The van der Waals surface area contributed by atoms with Crippen molar-refractivity contribution >= 4 is 34.8 Å². The van der Waals surface area contributed by atoms with Gasteiger partial charge in [0.25, 0.3) is 11.8 Å². The first-order valence-electron chi connectivity index (χ1n) is 8.49. The summed E-state index contributed by atoms with van der Waals surface area (Å²) in [5.74, 6) is 0.784. The van der Waals surface area contributed by atoms with Gasteiger partial charge in [-0.1, -0.05) is 29.8 Å². The molecule has 0 spiro atoms. The summed E-state index contributed by atoms with van der Waals surface area (Å²) in [4.78, 5) is 24.7. The Balaban J connectivity index is 1.48. The van der Waals surface area contributed by atoms with Gasteiger partial charge < -0.3 is 20.1 Å². The molecule has 1 aliphatic heterocycles. The molecule has 1 heterocycles. The fraction of sp³-hybridized carbons (Fsp3) is 0.0476. The summed E-state index contributed by atoms with van der Waals surface area (Å²) in [7, 11) is 0. The van der Waals surface area contributed by atoms with Gasteiger partial charge in [0.05, 0.1) is 11.3 Å². The molecule has 140 valence electrons. The minimum absolute atomic E-state index is 0.145. The molecule has 0 atom stereocenters. The van der Waals surface area contributed by atoms with E-state index in [1.807, 2.05) is 18.2 Å². The molecule has 4 rings (SSSR count). The lowest BCUT2D eigenvalue weighted by atomic mass is 10.1. The highest BCUT2D eigenvalue weighted by atomic mass is 35.5. The maximum Gasteiger partial charge on any atom is 0.262 e. The number of carbonyl (C=O) groups is 2. The van der Waals surface area contributed by atoms with Gasteiger partial charge >= 0.3 is 0 Å². The van der Waals surface area contributed by atoms with Crippen LogP contribution in [-0.4, -0.2) is 18.4 Å². The first kappa shape index (κ1) is 17.9. The average Bonchev–Trinajstić information content (AvgIpc) is 2.83. The predicted octanol–water partition coefficient (Wildman–Crippen LogP) is 4.72. The number of para-hydroxylation sites is 1. The number of rotatable bonds is 4. The van der Waals surface area contributed by atoms with Crippen molar-refractivity contribution in [2.75, 3.05) is 17.2 Å². The highest BCUT2D eigenvalue weighted by Gasteiger charge is 2.21. The fourth-order valence-corrected chi connectivity index (χ4v) is 2.91. The Labute approximate surface area is 166 Å². The van der Waals surface area contributed by atoms with Gasteiger partial charge in [-0.15, -0.1) is 0 Å². The maximum atomic E-state index is 12.6. The van der Waals surface area contributed by atoms with Crippen LogP contribution in [0.1, 0.15) is 10.4 Å². The number of fused-ring (bicyclic) bond motifs is 2. The number of benzene rings is 3. The number of ether oxygens (including phenoxy) is 2. The summed E-state index contributed by atoms with van der Waals surface area (Å²) in [6, 6.07) is 18.9. The van der Waals surface area contributed by atoms with Gasteiger partial charge in [0.15, 0.2) is 12.4 Å². The van der Waals surface area contributed by atoms with Crippen LogP contribution < -0.4 is 20.1 Å². The first-order valence-corrected chi connectivity index (χ1v) is 8.87. The third-order valence-corrected chi connectivity index (χ3v) is 4.27. The van der Waals surface area contributed by atoms with Crippen LogP contribution >= 0.6 is 11.6 Å². The van der Waals surface area contributed by atoms with E-state index in [1.54, 1.807) is 48.5 Å². The molecule has 0 unspecified atom stereocenters. The van der Waals surface area contributed by atoms with E-state index in [0.717, 1.165) is 0 Å². The third kappa shape index (κ3) is 3.92. The average molecular weight is 395 g/mol. The van der Waals surface area contributed by atoms with E-state index >= 15 is 0 Å². The molecule has 28 heavy (non-hydrogen) atoms. The molecule has 3 aromatic rings. The van der Waals surface area contributed by atoms with Gasteiger partial charge in [0.1, 0.15) is 11.5 Å². The number of nitrogens with one attached hydrogen (secondary N) is 2. The van der Waals surface area contributed by atoms with Crippen LogP contribution in [0.3, 0.4) is 0 Å². The normalized spacial score (nSPS) is 12.0. The van der Waals surface area contributed by atoms with Crippen molar-refractivity contribution < 1.29 is 19.1 Å². The number of carbonyl (C=O) groups excluding carboxylic acids is 2. The van der Waals surface area contributed by atoms with Crippen molar-refractivity contribution in [1.82, 2.24) is 0 Å². The van der Waals surface area contributed by atoms with E-state index in [0.29, 0.717) is 39.2 Å². The van der Waals surface area contributed by atoms with Crippen molar-refractivity contribution in [2.24, 2.45) is 0 Å². The number of hydrogen-bond donors (Lipinski definition) is 2. The van der Waals surface area contributed by atoms with Crippen LogP contribution in [0.2, 0.25) is 5.02 Å². The van der Waals surface area contributed by atoms with Gasteiger partial charge in [0.2, 0.25) is 0 Å². The van der Waals surface area contributed by atoms with Crippen LogP contribution in [0.25, 0.3) is 0 Å². The van der Waals surface area contributed by atoms with Crippen LogP contribution in [0.4, 0.5) is 11.4 Å². The van der Waals surface area contributed by atoms with Crippen LogP contribution in [0, 0.1) is 0 Å². The van der Waals surface area contributed by atoms with E-state index < -0.39 is 0 Å². The second-order valence-electron chi connectivity index (χ2n) is 6.06. The van der Waals surface area contributed by atoms with Crippen molar-refractivity contribution in [1.29, 1.82) is 0 Å². The van der Waals surface area contributed by atoms with Crippen LogP contribution in [0.5, 0.6) is 17.2 Å². The van der Waals surface area contributed by atoms with Crippen molar-refractivity contribution in [2.45, 2.75) is 0 Å². The zero-order chi connectivity index (χ0) is 19.5. The number of amides is 2. The smallest absolute Gasteiger partial charge is 0.262 e. The first-order chi connectivity index (χ1) is 13.6. The molecule has 3 aromatic carbocycles. The fourth-order valence-electron chi connectivity index (χ4n) is 2.73. The molecule has 7 heteroatoms. The van der Waals surface area contributed by atoms with Gasteiger partial charge in [0, 0.05) is 10.7 Å². The second kappa shape index (κ2) is 7.62. The zero-order valence-electron chi connectivity index (χ0n) is 14.6. The molecule has 0 saturated carbocycles. The predicted molar refractivity (Wildman–Crippen MR) is 106 cm³/mol. The van der Waals surface area contributed by atoms with Crippen LogP contribution in [-0.2, 0) is 4.79 Å². The third-order valence-electron chi connectivity index (χ3n) is 4.03. The Morgan fingerprint density at radius 1 is 1.04 bits per heavy atom. The number of anilines is 2. The zero-order valence-corrected chi connectivity index (χ0v) is 15.3. The van der Waals surface area contributed by atoms with Gasteiger partial charge in [-0.25, -0.2) is 0 Å². The van der Waals surface area contributed by atoms with Crippen molar-refractivity contribution in [3.05, 3.63) is 77.3 Å². The van der Waals surface area contributed by atoms with Crippen molar-refractivity contribution in [3.63, 3.8) is 0 Å². The quantitative estimate of drug-likeness (QED) is 0.671. The lowest BCUT2D eigenvalue weighted by molar-refractivity contribution is -0.118. The summed E-state index contributed by atoms with van der Waals surface area (Å²) in [5.41, 5.74) is 1.24. The largest absolute Gasteiger partial charge is 0.484 e. The number of halogens is 1. The molecular weight excluding hydrogens is 380 g/mol. The molecule has 0 aromatic heterocycles. The minimum atomic E-state index is -0.354.